The molecule has 158 valence electrons. The van der Waals surface area contributed by atoms with E-state index in [1.54, 1.807) is 45.9 Å². The third kappa shape index (κ3) is 6.03. The topological polar surface area (TPSA) is 50.7 Å². The van der Waals surface area contributed by atoms with E-state index in [-0.39, 0.29) is 5.91 Å². The zero-order chi connectivity index (χ0) is 22.0. The van der Waals surface area contributed by atoms with Crippen LogP contribution in [-0.4, -0.2) is 11.8 Å². The standard InChI is InChI=1S/C26H20N2O2S2/c29-25(20-12-4-1-5-13-20)28-30-26(21-14-6-2-7-15-21)27-23-18-10-11-19-24(23)32-31-22-16-8-3-9-17-22/h1-19H,(H,28,29). The fraction of sp³-hybridized carbons (Fsp3) is 0. The van der Waals surface area contributed by atoms with Crippen LogP contribution in [0, 0.1) is 0 Å². The zero-order valence-electron chi connectivity index (χ0n) is 17.0. The lowest BCUT2D eigenvalue weighted by atomic mass is 10.2. The summed E-state index contributed by atoms with van der Waals surface area (Å²) in [4.78, 5) is 25.1. The van der Waals surface area contributed by atoms with Crippen molar-refractivity contribution in [1.29, 1.82) is 0 Å². The van der Waals surface area contributed by atoms with Crippen LogP contribution in [0.2, 0.25) is 0 Å². The highest BCUT2D eigenvalue weighted by molar-refractivity contribution is 8.76. The molecule has 0 aromatic heterocycles. The van der Waals surface area contributed by atoms with Crippen molar-refractivity contribution < 1.29 is 9.63 Å². The van der Waals surface area contributed by atoms with Gasteiger partial charge in [-0.15, -0.1) is 0 Å². The first-order chi connectivity index (χ1) is 15.8. The molecule has 0 unspecified atom stereocenters. The summed E-state index contributed by atoms with van der Waals surface area (Å²) in [5.41, 5.74) is 4.54. The van der Waals surface area contributed by atoms with Gasteiger partial charge in [0.05, 0.1) is 5.69 Å². The predicted molar refractivity (Wildman–Crippen MR) is 132 cm³/mol. The Bertz CT molecular complexity index is 1180. The molecule has 0 atom stereocenters. The molecule has 0 saturated heterocycles. The number of hydrogen-bond acceptors (Lipinski definition) is 5. The van der Waals surface area contributed by atoms with Crippen molar-refractivity contribution in [2.24, 2.45) is 4.99 Å². The number of nitrogens with zero attached hydrogens (tertiary/aromatic N) is 1. The molecule has 0 aliphatic rings. The first-order valence-electron chi connectivity index (χ1n) is 9.94. The fourth-order valence-corrected chi connectivity index (χ4v) is 4.87. The van der Waals surface area contributed by atoms with E-state index >= 15 is 0 Å². The molecule has 4 nitrogen and oxygen atoms in total. The van der Waals surface area contributed by atoms with Crippen LogP contribution in [0.5, 0.6) is 0 Å². The molecule has 1 N–H and O–H groups in total. The van der Waals surface area contributed by atoms with Gasteiger partial charge in [-0.3, -0.25) is 4.79 Å². The van der Waals surface area contributed by atoms with E-state index in [4.69, 9.17) is 9.83 Å². The molecule has 0 aliphatic heterocycles. The molecule has 32 heavy (non-hydrogen) atoms. The zero-order valence-corrected chi connectivity index (χ0v) is 18.7. The maximum Gasteiger partial charge on any atom is 0.283 e. The van der Waals surface area contributed by atoms with Gasteiger partial charge in [0.1, 0.15) is 0 Å². The quantitative estimate of drug-likeness (QED) is 0.148. The van der Waals surface area contributed by atoms with Gasteiger partial charge < -0.3 is 4.84 Å². The van der Waals surface area contributed by atoms with Gasteiger partial charge in [0.2, 0.25) is 0 Å². The lowest BCUT2D eigenvalue weighted by Gasteiger charge is -2.11. The number of amides is 1. The minimum absolute atomic E-state index is 0.313. The molecule has 0 radical (unpaired) electrons. The van der Waals surface area contributed by atoms with E-state index in [1.165, 1.54) is 0 Å². The van der Waals surface area contributed by atoms with Crippen molar-refractivity contribution in [3.63, 3.8) is 0 Å². The van der Waals surface area contributed by atoms with E-state index in [2.05, 4.69) is 17.6 Å². The lowest BCUT2D eigenvalue weighted by molar-refractivity contribution is 0.0738. The van der Waals surface area contributed by atoms with Crippen LogP contribution < -0.4 is 5.48 Å². The average Bonchev–Trinajstić information content (AvgIpc) is 2.87. The highest BCUT2D eigenvalue weighted by Gasteiger charge is 2.12. The Hall–Kier alpha value is -3.48. The second-order valence-electron chi connectivity index (χ2n) is 6.63. The number of carbonyl (C=O) groups excluding carboxylic acids is 1. The van der Waals surface area contributed by atoms with Gasteiger partial charge in [-0.25, -0.2) is 4.99 Å². The third-order valence-electron chi connectivity index (χ3n) is 4.36. The molecule has 0 bridgehead atoms. The number of para-hydroxylation sites is 1. The number of rotatable bonds is 6. The molecular formula is C26H20N2O2S2. The van der Waals surface area contributed by atoms with Crippen LogP contribution in [0.4, 0.5) is 5.69 Å². The molecule has 4 rings (SSSR count). The average molecular weight is 457 g/mol. The van der Waals surface area contributed by atoms with Crippen molar-refractivity contribution in [1.82, 2.24) is 5.48 Å². The normalized spacial score (nSPS) is 11.1. The summed E-state index contributed by atoms with van der Waals surface area (Å²) < 4.78 is 0. The smallest absolute Gasteiger partial charge is 0.283 e. The summed E-state index contributed by atoms with van der Waals surface area (Å²) in [5, 5.41) is 0. The number of nitrogens with one attached hydrogen (secondary N) is 1. The molecule has 0 fully saturated rings. The van der Waals surface area contributed by atoms with Crippen molar-refractivity contribution in [2.75, 3.05) is 0 Å². The first kappa shape index (κ1) is 21.7. The van der Waals surface area contributed by atoms with Crippen molar-refractivity contribution in [2.45, 2.75) is 9.79 Å². The van der Waals surface area contributed by atoms with Gasteiger partial charge in [-0.2, -0.15) is 5.48 Å². The Morgan fingerprint density at radius 2 is 1.22 bits per heavy atom. The summed E-state index contributed by atoms with van der Waals surface area (Å²) in [6.07, 6.45) is 0. The Morgan fingerprint density at radius 1 is 0.656 bits per heavy atom. The molecule has 0 saturated carbocycles. The van der Waals surface area contributed by atoms with Crippen LogP contribution >= 0.6 is 21.6 Å². The number of hydrogen-bond donors (Lipinski definition) is 1. The van der Waals surface area contributed by atoms with Crippen LogP contribution in [0.15, 0.2) is 130 Å². The van der Waals surface area contributed by atoms with Crippen molar-refractivity contribution >= 4 is 39.1 Å². The minimum atomic E-state index is -0.337. The minimum Gasteiger partial charge on any atom is -0.358 e. The predicted octanol–water partition coefficient (Wildman–Crippen LogP) is 6.93. The Kier molecular flexibility index (Phi) is 7.63. The molecule has 0 spiro atoms. The molecule has 4 aromatic carbocycles. The van der Waals surface area contributed by atoms with Gasteiger partial charge in [0, 0.05) is 20.9 Å². The molecule has 6 heteroatoms. The maximum absolute atomic E-state index is 12.5. The second-order valence-corrected chi connectivity index (χ2v) is 8.87. The Balaban J connectivity index is 1.57. The van der Waals surface area contributed by atoms with Gasteiger partial charge in [-0.05, 0) is 48.5 Å². The molecule has 0 aliphatic carbocycles. The maximum atomic E-state index is 12.5. The summed E-state index contributed by atoms with van der Waals surface area (Å²) in [5.74, 6) is -0.0239. The van der Waals surface area contributed by atoms with Crippen LogP contribution in [0.25, 0.3) is 0 Å². The van der Waals surface area contributed by atoms with Gasteiger partial charge >= 0.3 is 0 Å². The van der Waals surface area contributed by atoms with Gasteiger partial charge in [0.25, 0.3) is 11.8 Å². The Labute approximate surface area is 195 Å². The summed E-state index contributed by atoms with van der Waals surface area (Å²) in [6, 6.07) is 36.5. The number of hydroxylamine groups is 1. The largest absolute Gasteiger partial charge is 0.358 e. The van der Waals surface area contributed by atoms with Crippen LogP contribution in [0.1, 0.15) is 15.9 Å². The lowest BCUT2D eigenvalue weighted by Crippen LogP contribution is -2.27. The fourth-order valence-electron chi connectivity index (χ4n) is 2.77. The number of benzene rings is 4. The summed E-state index contributed by atoms with van der Waals surface area (Å²) >= 11 is 0. The van der Waals surface area contributed by atoms with E-state index in [0.717, 1.165) is 21.0 Å². The highest BCUT2D eigenvalue weighted by Crippen LogP contribution is 2.41. The van der Waals surface area contributed by atoms with E-state index in [0.29, 0.717) is 11.5 Å². The third-order valence-corrected chi connectivity index (χ3v) is 6.79. The highest BCUT2D eigenvalue weighted by atomic mass is 33.1. The van der Waals surface area contributed by atoms with E-state index < -0.39 is 0 Å². The van der Waals surface area contributed by atoms with Crippen LogP contribution in [-0.2, 0) is 4.84 Å². The molecule has 0 heterocycles. The molecule has 4 aromatic rings. The van der Waals surface area contributed by atoms with Crippen molar-refractivity contribution in [3.05, 3.63) is 126 Å². The Morgan fingerprint density at radius 3 is 1.91 bits per heavy atom. The number of carbonyl (C=O) groups is 1. The second kappa shape index (κ2) is 11.2. The van der Waals surface area contributed by atoms with Crippen LogP contribution in [0.3, 0.4) is 0 Å². The van der Waals surface area contributed by atoms with Gasteiger partial charge in [-0.1, -0.05) is 88.3 Å². The van der Waals surface area contributed by atoms with Gasteiger partial charge in [0.15, 0.2) is 0 Å². The SMILES string of the molecule is O=C(NOC(=Nc1ccccc1SSc1ccccc1)c1ccccc1)c1ccccc1. The monoisotopic (exact) mass is 456 g/mol. The molecule has 1 amide bonds. The first-order valence-corrected chi connectivity index (χ1v) is 12.1. The van der Waals surface area contributed by atoms with Crippen molar-refractivity contribution in [3.8, 4) is 0 Å². The van der Waals surface area contributed by atoms with E-state index in [9.17, 15) is 4.79 Å². The van der Waals surface area contributed by atoms with E-state index in [1.807, 2.05) is 78.9 Å². The summed E-state index contributed by atoms with van der Waals surface area (Å²) in [7, 11) is 3.29. The summed E-state index contributed by atoms with van der Waals surface area (Å²) in [6.45, 7) is 0. The molecular weight excluding hydrogens is 436 g/mol. The number of aliphatic imine (C=N–C) groups is 1.